The van der Waals surface area contributed by atoms with Crippen LogP contribution >= 0.6 is 0 Å². The number of hydrogen-bond donors (Lipinski definition) is 0. The van der Waals surface area contributed by atoms with E-state index >= 15 is 0 Å². The molecular formula is C16H24O6S. The maximum atomic E-state index is 11.6. The van der Waals surface area contributed by atoms with Gasteiger partial charge in [-0.05, 0) is 18.9 Å². The first-order chi connectivity index (χ1) is 10.9. The van der Waals surface area contributed by atoms with E-state index in [1.165, 1.54) is 0 Å². The van der Waals surface area contributed by atoms with Crippen LogP contribution in [0.4, 0.5) is 0 Å². The van der Waals surface area contributed by atoms with E-state index in [0.717, 1.165) is 31.1 Å². The van der Waals surface area contributed by atoms with Crippen LogP contribution in [0, 0.1) is 0 Å². The molecule has 6 nitrogen and oxygen atoms in total. The van der Waals surface area contributed by atoms with E-state index in [-0.39, 0.29) is 12.0 Å². The summed E-state index contributed by atoms with van der Waals surface area (Å²) in [5, 5.41) is 0. The van der Waals surface area contributed by atoms with Gasteiger partial charge in [-0.1, -0.05) is 18.9 Å². The molecule has 1 aliphatic rings. The largest absolute Gasteiger partial charge is 0.493 e. The van der Waals surface area contributed by atoms with Gasteiger partial charge in [0.05, 0.1) is 33.7 Å². The smallest absolute Gasteiger partial charge is 0.264 e. The van der Waals surface area contributed by atoms with Crippen molar-refractivity contribution in [1.82, 2.24) is 0 Å². The van der Waals surface area contributed by atoms with Gasteiger partial charge in [0.1, 0.15) is 0 Å². The van der Waals surface area contributed by atoms with Crippen molar-refractivity contribution in [3.63, 3.8) is 0 Å². The molecule has 0 heterocycles. The third-order valence-corrected chi connectivity index (χ3v) is 4.73. The minimum Gasteiger partial charge on any atom is -0.493 e. The van der Waals surface area contributed by atoms with E-state index in [4.69, 9.17) is 18.4 Å². The molecule has 1 saturated carbocycles. The molecule has 0 bridgehead atoms. The Morgan fingerprint density at radius 3 is 2.17 bits per heavy atom. The first kappa shape index (κ1) is 17.9. The first-order valence-corrected chi connectivity index (χ1v) is 9.40. The molecule has 7 heteroatoms. The van der Waals surface area contributed by atoms with Gasteiger partial charge in [-0.2, -0.15) is 8.42 Å². The number of benzene rings is 1. The van der Waals surface area contributed by atoms with Crippen LogP contribution in [0.1, 0.15) is 37.2 Å². The van der Waals surface area contributed by atoms with Crippen molar-refractivity contribution in [2.45, 2.75) is 37.7 Å². The molecule has 0 aromatic heterocycles. The Labute approximate surface area is 137 Å². The van der Waals surface area contributed by atoms with Crippen LogP contribution in [0.15, 0.2) is 12.1 Å². The summed E-state index contributed by atoms with van der Waals surface area (Å²) >= 11 is 0. The van der Waals surface area contributed by atoms with Crippen LogP contribution in [0.2, 0.25) is 0 Å². The van der Waals surface area contributed by atoms with Crippen molar-refractivity contribution in [1.29, 1.82) is 0 Å². The van der Waals surface area contributed by atoms with Gasteiger partial charge in [0.25, 0.3) is 10.1 Å². The summed E-state index contributed by atoms with van der Waals surface area (Å²) in [7, 11) is 1.17. The predicted octanol–water partition coefficient (Wildman–Crippen LogP) is 2.71. The Hall–Kier alpha value is -1.47. The first-order valence-electron chi connectivity index (χ1n) is 7.58. The van der Waals surface area contributed by atoms with E-state index in [9.17, 15) is 8.42 Å². The third kappa shape index (κ3) is 4.09. The summed E-state index contributed by atoms with van der Waals surface area (Å²) in [6, 6.07) is 3.71. The van der Waals surface area contributed by atoms with Gasteiger partial charge in [0, 0.05) is 11.5 Å². The van der Waals surface area contributed by atoms with E-state index < -0.39 is 10.1 Å². The average Bonchev–Trinajstić information content (AvgIpc) is 2.52. The second-order valence-corrected chi connectivity index (χ2v) is 7.25. The fraction of sp³-hybridized carbons (Fsp3) is 0.625. The Morgan fingerprint density at radius 2 is 1.61 bits per heavy atom. The van der Waals surface area contributed by atoms with Crippen molar-refractivity contribution < 1.29 is 26.8 Å². The summed E-state index contributed by atoms with van der Waals surface area (Å²) in [6.45, 7) is 0. The van der Waals surface area contributed by atoms with Gasteiger partial charge in [-0.3, -0.25) is 4.18 Å². The van der Waals surface area contributed by atoms with E-state index in [2.05, 4.69) is 0 Å². The van der Waals surface area contributed by atoms with E-state index in [1.807, 2.05) is 12.1 Å². The fourth-order valence-corrected chi connectivity index (χ4v) is 3.89. The molecule has 2 rings (SSSR count). The molecule has 23 heavy (non-hydrogen) atoms. The van der Waals surface area contributed by atoms with Crippen LogP contribution in [0.3, 0.4) is 0 Å². The Balaban J connectivity index is 2.45. The van der Waals surface area contributed by atoms with Crippen LogP contribution < -0.4 is 14.2 Å². The normalized spacial score (nSPS) is 21.7. The molecule has 0 N–H and O–H groups in total. The van der Waals surface area contributed by atoms with E-state index in [0.29, 0.717) is 23.7 Å². The highest BCUT2D eigenvalue weighted by atomic mass is 32.2. The lowest BCUT2D eigenvalue weighted by Gasteiger charge is -2.32. The topological polar surface area (TPSA) is 71.1 Å². The van der Waals surface area contributed by atoms with Crippen LogP contribution in [0.5, 0.6) is 17.2 Å². The van der Waals surface area contributed by atoms with Gasteiger partial charge in [-0.25, -0.2) is 0 Å². The van der Waals surface area contributed by atoms with Crippen LogP contribution in [-0.4, -0.2) is 42.1 Å². The molecule has 130 valence electrons. The monoisotopic (exact) mass is 344 g/mol. The van der Waals surface area contributed by atoms with Gasteiger partial charge in [0.15, 0.2) is 11.5 Å². The van der Waals surface area contributed by atoms with Gasteiger partial charge >= 0.3 is 0 Å². The SMILES string of the molecule is COc1ccc([C@@H]2CCCC[C@H]2OS(C)(=O)=O)c(OC)c1OC. The molecule has 0 unspecified atom stereocenters. The summed E-state index contributed by atoms with van der Waals surface area (Å²) in [5.41, 5.74) is 0.888. The molecular weight excluding hydrogens is 320 g/mol. The molecule has 0 amide bonds. The summed E-state index contributed by atoms with van der Waals surface area (Å²) < 4.78 is 44.7. The maximum Gasteiger partial charge on any atom is 0.264 e. The number of hydrogen-bond acceptors (Lipinski definition) is 6. The van der Waals surface area contributed by atoms with Crippen molar-refractivity contribution in [3.8, 4) is 17.2 Å². The molecule has 0 aliphatic heterocycles. The molecule has 1 aromatic carbocycles. The quantitative estimate of drug-likeness (QED) is 0.739. The number of methoxy groups -OCH3 is 3. The lowest BCUT2D eigenvalue weighted by atomic mass is 9.81. The minimum atomic E-state index is -3.51. The number of ether oxygens (including phenoxy) is 3. The van der Waals surface area contributed by atoms with Gasteiger partial charge in [0.2, 0.25) is 5.75 Å². The molecule has 1 aliphatic carbocycles. The van der Waals surface area contributed by atoms with Crippen molar-refractivity contribution in [2.75, 3.05) is 27.6 Å². The highest BCUT2D eigenvalue weighted by Gasteiger charge is 2.33. The Kier molecular flexibility index (Phi) is 5.75. The lowest BCUT2D eigenvalue weighted by molar-refractivity contribution is 0.136. The average molecular weight is 344 g/mol. The van der Waals surface area contributed by atoms with Crippen molar-refractivity contribution in [2.24, 2.45) is 0 Å². The Morgan fingerprint density at radius 1 is 0.957 bits per heavy atom. The van der Waals surface area contributed by atoms with Gasteiger partial charge < -0.3 is 14.2 Å². The standard InChI is InChI=1S/C16H24O6S/c1-19-14-10-9-12(15(20-2)16(14)21-3)11-7-5-6-8-13(11)22-23(4,17)18/h9-11,13H,5-8H2,1-4H3/t11-,13+/m0/s1. The summed E-state index contributed by atoms with van der Waals surface area (Å²) in [6.07, 6.45) is 4.22. The zero-order valence-corrected chi connectivity index (χ0v) is 14.8. The molecule has 1 aromatic rings. The van der Waals surface area contributed by atoms with Crippen LogP contribution in [-0.2, 0) is 14.3 Å². The zero-order valence-electron chi connectivity index (χ0n) is 14.0. The third-order valence-electron chi connectivity index (χ3n) is 4.14. The zero-order chi connectivity index (χ0) is 17.0. The fourth-order valence-electron chi connectivity index (χ4n) is 3.21. The highest BCUT2D eigenvalue weighted by molar-refractivity contribution is 7.86. The molecule has 1 fully saturated rings. The van der Waals surface area contributed by atoms with Crippen molar-refractivity contribution in [3.05, 3.63) is 17.7 Å². The molecule has 0 radical (unpaired) electrons. The van der Waals surface area contributed by atoms with E-state index in [1.54, 1.807) is 21.3 Å². The molecule has 2 atom stereocenters. The molecule has 0 saturated heterocycles. The minimum absolute atomic E-state index is 0.0618. The molecule has 0 spiro atoms. The second-order valence-electron chi connectivity index (χ2n) is 5.65. The summed E-state index contributed by atoms with van der Waals surface area (Å²) in [4.78, 5) is 0. The lowest BCUT2D eigenvalue weighted by Crippen LogP contribution is -2.28. The summed E-state index contributed by atoms with van der Waals surface area (Å²) in [5.74, 6) is 1.59. The maximum absolute atomic E-state index is 11.6. The number of rotatable bonds is 6. The Bertz CT molecular complexity index is 640. The van der Waals surface area contributed by atoms with Crippen molar-refractivity contribution >= 4 is 10.1 Å². The van der Waals surface area contributed by atoms with Gasteiger partial charge in [-0.15, -0.1) is 0 Å². The highest BCUT2D eigenvalue weighted by Crippen LogP contribution is 2.46. The second kappa shape index (κ2) is 7.40. The predicted molar refractivity (Wildman–Crippen MR) is 87.0 cm³/mol. The van der Waals surface area contributed by atoms with Crippen LogP contribution in [0.25, 0.3) is 0 Å².